The van der Waals surface area contributed by atoms with Gasteiger partial charge in [0.05, 0.1) is 6.54 Å². The summed E-state index contributed by atoms with van der Waals surface area (Å²) in [6.07, 6.45) is 1.91. The van der Waals surface area contributed by atoms with Crippen LogP contribution >= 0.6 is 12.4 Å². The Kier molecular flexibility index (Phi) is 4.81. The van der Waals surface area contributed by atoms with Crippen LogP contribution in [0.25, 0.3) is 0 Å². The van der Waals surface area contributed by atoms with Crippen LogP contribution in [0, 0.1) is 0 Å². The Hall–Kier alpha value is -2.07. The summed E-state index contributed by atoms with van der Waals surface area (Å²) < 4.78 is 5.71. The third kappa shape index (κ3) is 3.00. The van der Waals surface area contributed by atoms with E-state index in [4.69, 9.17) is 4.74 Å². The number of anilines is 1. The number of rotatable bonds is 3. The molecular weight excluding hydrogens is 288 g/mol. The zero-order valence-corrected chi connectivity index (χ0v) is 12.5. The summed E-state index contributed by atoms with van der Waals surface area (Å²) in [7, 11) is 0. The fraction of sp³-hybridized carbons (Fsp3) is 0.250. The summed E-state index contributed by atoms with van der Waals surface area (Å²) in [6.45, 7) is 2.47. The Bertz CT molecular complexity index is 619. The van der Waals surface area contributed by atoms with Crippen molar-refractivity contribution in [1.82, 2.24) is 4.98 Å². The Morgan fingerprint density at radius 3 is 2.67 bits per heavy atom. The number of amides is 1. The van der Waals surface area contributed by atoms with Gasteiger partial charge in [-0.2, -0.15) is 0 Å². The van der Waals surface area contributed by atoms with E-state index in [1.165, 1.54) is 0 Å². The molecule has 0 spiro atoms. The Labute approximate surface area is 130 Å². The molecule has 5 heteroatoms. The molecular formula is C16H17ClN2O2. The molecule has 0 bridgehead atoms. The number of carbonyl (C=O) groups is 1. The number of aromatic nitrogens is 1. The van der Waals surface area contributed by atoms with Gasteiger partial charge in [-0.05, 0) is 24.1 Å². The predicted octanol–water partition coefficient (Wildman–Crippen LogP) is 3.21. The van der Waals surface area contributed by atoms with E-state index in [0.717, 1.165) is 5.56 Å². The lowest BCUT2D eigenvalue weighted by atomic mass is 10.1. The van der Waals surface area contributed by atoms with Crippen molar-refractivity contribution in [3.8, 4) is 5.75 Å². The number of nitrogens with zero attached hydrogens (tertiary/aromatic N) is 2. The summed E-state index contributed by atoms with van der Waals surface area (Å²) in [5, 5.41) is 0. The monoisotopic (exact) mass is 304 g/mol. The van der Waals surface area contributed by atoms with Crippen molar-refractivity contribution in [3.05, 3.63) is 54.2 Å². The molecule has 0 aliphatic carbocycles. The highest BCUT2D eigenvalue weighted by molar-refractivity contribution is 5.98. The first-order chi connectivity index (χ1) is 9.79. The number of pyridine rings is 1. The van der Waals surface area contributed by atoms with Gasteiger partial charge in [0, 0.05) is 6.20 Å². The first-order valence-corrected chi connectivity index (χ1v) is 6.76. The Balaban J connectivity index is 0.00000161. The van der Waals surface area contributed by atoms with Gasteiger partial charge in [-0.3, -0.25) is 9.69 Å². The molecule has 4 nitrogen and oxygen atoms in total. The van der Waals surface area contributed by atoms with E-state index >= 15 is 0 Å². The maximum Gasteiger partial charge on any atom is 0.269 e. The van der Waals surface area contributed by atoms with E-state index in [-0.39, 0.29) is 18.3 Å². The zero-order valence-electron chi connectivity index (χ0n) is 11.7. The van der Waals surface area contributed by atoms with E-state index in [0.29, 0.717) is 24.5 Å². The van der Waals surface area contributed by atoms with Crippen molar-refractivity contribution in [3.63, 3.8) is 0 Å². The van der Waals surface area contributed by atoms with E-state index < -0.39 is 6.10 Å². The maximum atomic E-state index is 12.5. The smallest absolute Gasteiger partial charge is 0.269 e. The number of carbonyl (C=O) groups excluding carboxylic acids is 1. The molecule has 0 N–H and O–H groups in total. The first-order valence-electron chi connectivity index (χ1n) is 6.76. The van der Waals surface area contributed by atoms with Crippen molar-refractivity contribution >= 4 is 24.1 Å². The van der Waals surface area contributed by atoms with Crippen molar-refractivity contribution in [2.75, 3.05) is 4.90 Å². The summed E-state index contributed by atoms with van der Waals surface area (Å²) in [4.78, 5) is 18.5. The minimum absolute atomic E-state index is 0. The minimum atomic E-state index is -0.421. The molecule has 0 saturated heterocycles. The fourth-order valence-electron chi connectivity index (χ4n) is 2.34. The SMILES string of the molecule is CCC1Oc2cccnc2N(Cc2ccccc2)C1=O.Cl. The highest BCUT2D eigenvalue weighted by Crippen LogP contribution is 2.33. The molecule has 1 aliphatic heterocycles. The van der Waals surface area contributed by atoms with Gasteiger partial charge in [-0.1, -0.05) is 37.3 Å². The topological polar surface area (TPSA) is 42.4 Å². The van der Waals surface area contributed by atoms with E-state index in [1.807, 2.05) is 49.4 Å². The number of halogens is 1. The molecule has 1 aromatic carbocycles. The molecule has 1 atom stereocenters. The summed E-state index contributed by atoms with van der Waals surface area (Å²) in [6, 6.07) is 13.6. The van der Waals surface area contributed by atoms with Gasteiger partial charge in [0.15, 0.2) is 17.7 Å². The highest BCUT2D eigenvalue weighted by atomic mass is 35.5. The van der Waals surface area contributed by atoms with Gasteiger partial charge in [0.1, 0.15) is 0 Å². The predicted molar refractivity (Wildman–Crippen MR) is 83.8 cm³/mol. The lowest BCUT2D eigenvalue weighted by molar-refractivity contribution is -0.126. The number of hydrogen-bond donors (Lipinski definition) is 0. The van der Waals surface area contributed by atoms with Crippen LogP contribution in [0.5, 0.6) is 5.75 Å². The number of benzene rings is 1. The molecule has 2 heterocycles. The second kappa shape index (κ2) is 6.59. The fourth-order valence-corrected chi connectivity index (χ4v) is 2.34. The molecule has 21 heavy (non-hydrogen) atoms. The van der Waals surface area contributed by atoms with Gasteiger partial charge in [0.2, 0.25) is 0 Å². The normalized spacial score (nSPS) is 16.7. The molecule has 0 fully saturated rings. The summed E-state index contributed by atoms with van der Waals surface area (Å²) >= 11 is 0. The van der Waals surface area contributed by atoms with E-state index in [1.54, 1.807) is 11.1 Å². The van der Waals surface area contributed by atoms with Gasteiger partial charge in [-0.25, -0.2) is 4.98 Å². The van der Waals surface area contributed by atoms with Crippen LogP contribution in [0.3, 0.4) is 0 Å². The van der Waals surface area contributed by atoms with Gasteiger partial charge >= 0.3 is 0 Å². The second-order valence-corrected chi connectivity index (χ2v) is 4.75. The molecule has 110 valence electrons. The van der Waals surface area contributed by atoms with Crippen LogP contribution < -0.4 is 9.64 Å². The average molecular weight is 305 g/mol. The third-order valence-electron chi connectivity index (χ3n) is 3.37. The third-order valence-corrected chi connectivity index (χ3v) is 3.37. The average Bonchev–Trinajstić information content (AvgIpc) is 2.51. The standard InChI is InChI=1S/C16H16N2O2.ClH/c1-2-13-16(19)18(11-12-7-4-3-5-8-12)15-14(20-13)9-6-10-17-15;/h3-10,13H,2,11H2,1H3;1H. The van der Waals surface area contributed by atoms with Crippen LogP contribution in [-0.2, 0) is 11.3 Å². The second-order valence-electron chi connectivity index (χ2n) is 4.75. The largest absolute Gasteiger partial charge is 0.477 e. The van der Waals surface area contributed by atoms with Crippen LogP contribution in [0.2, 0.25) is 0 Å². The van der Waals surface area contributed by atoms with Crippen molar-refractivity contribution < 1.29 is 9.53 Å². The van der Waals surface area contributed by atoms with Crippen molar-refractivity contribution in [2.24, 2.45) is 0 Å². The molecule has 0 saturated carbocycles. The van der Waals surface area contributed by atoms with Crippen LogP contribution in [0.4, 0.5) is 5.82 Å². The number of hydrogen-bond acceptors (Lipinski definition) is 3. The summed E-state index contributed by atoms with van der Waals surface area (Å²) in [5.41, 5.74) is 1.08. The number of fused-ring (bicyclic) bond motifs is 1. The lowest BCUT2D eigenvalue weighted by Gasteiger charge is -2.32. The van der Waals surface area contributed by atoms with E-state index in [9.17, 15) is 4.79 Å². The van der Waals surface area contributed by atoms with Gasteiger partial charge in [-0.15, -0.1) is 12.4 Å². The van der Waals surface area contributed by atoms with Crippen LogP contribution in [-0.4, -0.2) is 17.0 Å². The summed E-state index contributed by atoms with van der Waals surface area (Å²) in [5.74, 6) is 1.25. The molecule has 1 aliphatic rings. The Morgan fingerprint density at radius 2 is 1.95 bits per heavy atom. The highest BCUT2D eigenvalue weighted by Gasteiger charge is 2.34. The first kappa shape index (κ1) is 15.3. The zero-order chi connectivity index (χ0) is 13.9. The van der Waals surface area contributed by atoms with Gasteiger partial charge < -0.3 is 4.74 Å². The number of ether oxygens (including phenoxy) is 1. The van der Waals surface area contributed by atoms with Crippen molar-refractivity contribution in [1.29, 1.82) is 0 Å². The molecule has 1 aromatic heterocycles. The molecule has 2 aromatic rings. The minimum Gasteiger partial charge on any atom is -0.477 e. The maximum absolute atomic E-state index is 12.5. The van der Waals surface area contributed by atoms with Gasteiger partial charge in [0.25, 0.3) is 5.91 Å². The molecule has 1 unspecified atom stereocenters. The molecule has 1 amide bonds. The van der Waals surface area contributed by atoms with Crippen molar-refractivity contribution in [2.45, 2.75) is 26.0 Å². The van der Waals surface area contributed by atoms with Crippen LogP contribution in [0.15, 0.2) is 48.7 Å². The Morgan fingerprint density at radius 1 is 1.19 bits per heavy atom. The molecule has 0 radical (unpaired) electrons. The van der Waals surface area contributed by atoms with Crippen LogP contribution in [0.1, 0.15) is 18.9 Å². The quantitative estimate of drug-likeness (QED) is 0.874. The lowest BCUT2D eigenvalue weighted by Crippen LogP contribution is -2.45. The molecule has 3 rings (SSSR count). The van der Waals surface area contributed by atoms with E-state index in [2.05, 4.69) is 4.98 Å².